The molecular weight excluding hydrogens is 170 g/mol. The smallest absolute Gasteiger partial charge is 0.275 e. The lowest BCUT2D eigenvalue weighted by Gasteiger charge is -1.95. The van der Waals surface area contributed by atoms with Gasteiger partial charge in [0.05, 0.1) is 0 Å². The van der Waals surface area contributed by atoms with Crippen LogP contribution in [0.2, 0.25) is 0 Å². The number of nitrogens with two attached hydrogens (primary N) is 1. The molecule has 6 nitrogen and oxygen atoms in total. The van der Waals surface area contributed by atoms with Crippen molar-refractivity contribution in [1.29, 1.82) is 0 Å². The van der Waals surface area contributed by atoms with Crippen LogP contribution >= 0.6 is 11.8 Å². The summed E-state index contributed by atoms with van der Waals surface area (Å²) < 4.78 is 0. The molecule has 1 heterocycles. The highest BCUT2D eigenvalue weighted by atomic mass is 35.5. The zero-order valence-corrected chi connectivity index (χ0v) is 6.22. The normalized spacial score (nSPS) is 9.64. The molecule has 1 aromatic rings. The molecule has 1 rings (SSSR count). The highest BCUT2D eigenvalue weighted by Gasteiger charge is 2.00. The predicted molar refractivity (Wildman–Crippen MR) is 40.0 cm³/mol. The second-order valence-electron chi connectivity index (χ2n) is 1.75. The molecule has 0 aliphatic rings. The second kappa shape index (κ2) is 3.31. The van der Waals surface area contributed by atoms with Gasteiger partial charge in [-0.25, -0.2) is 0 Å². The summed E-state index contributed by atoms with van der Waals surface area (Å²) in [6.07, 6.45) is 0. The van der Waals surface area contributed by atoms with Gasteiger partial charge in [-0.15, -0.1) is 10.2 Å². The zero-order valence-electron chi connectivity index (χ0n) is 5.47. The Kier molecular flexibility index (Phi) is 2.40. The van der Waals surface area contributed by atoms with Crippen LogP contribution in [0.3, 0.4) is 0 Å². The molecule has 60 valence electrons. The summed E-state index contributed by atoms with van der Waals surface area (Å²) in [6.45, 7) is 0.0604. The maximum atomic E-state index is 10.9. The summed E-state index contributed by atoms with van der Waals surface area (Å²) in [5.41, 5.74) is 4.96. The number of halogens is 1. The number of anilines is 1. The van der Waals surface area contributed by atoms with Crippen molar-refractivity contribution in [3.8, 4) is 0 Å². The Morgan fingerprint density at radius 3 is 2.82 bits per heavy atom. The lowest BCUT2D eigenvalue weighted by atomic mass is 10.5. The van der Waals surface area contributed by atoms with E-state index in [2.05, 4.69) is 20.0 Å². The van der Waals surface area contributed by atoms with E-state index in [0.717, 1.165) is 0 Å². The lowest BCUT2D eigenvalue weighted by molar-refractivity contribution is 0.847. The van der Waals surface area contributed by atoms with Gasteiger partial charge in [-0.2, -0.15) is 0 Å². The van der Waals surface area contributed by atoms with Gasteiger partial charge in [0.2, 0.25) is 5.95 Å². The maximum absolute atomic E-state index is 10.9. The van der Waals surface area contributed by atoms with Gasteiger partial charge >= 0.3 is 0 Å². The van der Waals surface area contributed by atoms with Gasteiger partial charge in [-0.1, -0.05) is 0 Å². The van der Waals surface area contributed by atoms with Crippen LogP contribution in [-0.2, 0) is 6.54 Å². The van der Waals surface area contributed by atoms with E-state index < -0.39 is 0 Å². The molecular formula is C4H6ClN5O. The molecule has 11 heavy (non-hydrogen) atoms. The van der Waals surface area contributed by atoms with Crippen LogP contribution in [-0.4, -0.2) is 15.2 Å². The summed E-state index contributed by atoms with van der Waals surface area (Å²) >= 11 is 5.14. The number of aromatic nitrogens is 3. The number of rotatable bonds is 2. The van der Waals surface area contributed by atoms with Crippen LogP contribution in [0, 0.1) is 0 Å². The fraction of sp³-hybridized carbons (Fsp3) is 0.250. The van der Waals surface area contributed by atoms with Crippen LogP contribution in [0.5, 0.6) is 0 Å². The van der Waals surface area contributed by atoms with Crippen molar-refractivity contribution in [1.82, 2.24) is 15.2 Å². The molecule has 0 bridgehead atoms. The monoisotopic (exact) mass is 175 g/mol. The largest absolute Gasteiger partial charge is 0.325 e. The Bertz CT molecular complexity index is 297. The molecule has 0 atom stereocenters. The summed E-state index contributed by atoms with van der Waals surface area (Å²) in [5, 5.41) is 7.00. The number of nitrogens with one attached hydrogen (secondary N) is 2. The average molecular weight is 176 g/mol. The molecule has 1 aromatic heterocycles. The molecule has 0 saturated carbocycles. The SMILES string of the molecule is NCc1nnc(NCl)[nH]c1=O. The predicted octanol–water partition coefficient (Wildman–Crippen LogP) is -0.811. The molecule has 0 spiro atoms. The topological polar surface area (TPSA) is 96.7 Å². The first-order valence-corrected chi connectivity index (χ1v) is 3.18. The molecule has 0 aliphatic heterocycles. The number of hydrogen-bond acceptors (Lipinski definition) is 5. The van der Waals surface area contributed by atoms with Gasteiger partial charge in [-0.3, -0.25) is 14.6 Å². The van der Waals surface area contributed by atoms with Crippen LogP contribution in [0.25, 0.3) is 0 Å². The van der Waals surface area contributed by atoms with Crippen molar-refractivity contribution in [3.05, 3.63) is 16.0 Å². The molecule has 0 amide bonds. The van der Waals surface area contributed by atoms with Crippen molar-refractivity contribution in [2.24, 2.45) is 5.73 Å². The van der Waals surface area contributed by atoms with Crippen LogP contribution in [0.15, 0.2) is 4.79 Å². The van der Waals surface area contributed by atoms with Crippen molar-refractivity contribution in [3.63, 3.8) is 0 Å². The highest BCUT2D eigenvalue weighted by molar-refractivity contribution is 6.23. The third-order valence-electron chi connectivity index (χ3n) is 1.05. The van der Waals surface area contributed by atoms with Crippen LogP contribution in [0.4, 0.5) is 5.95 Å². The third-order valence-corrected chi connectivity index (χ3v) is 1.23. The molecule has 0 radical (unpaired) electrons. The molecule has 0 aromatic carbocycles. The second-order valence-corrected chi connectivity index (χ2v) is 1.94. The Morgan fingerprint density at radius 1 is 1.64 bits per heavy atom. The van der Waals surface area contributed by atoms with E-state index in [0.29, 0.717) is 0 Å². The molecule has 0 saturated heterocycles. The van der Waals surface area contributed by atoms with Gasteiger partial charge in [0.25, 0.3) is 5.56 Å². The fourth-order valence-corrected chi connectivity index (χ4v) is 0.622. The Hall–Kier alpha value is -1.14. The van der Waals surface area contributed by atoms with Crippen LogP contribution < -0.4 is 16.1 Å². The molecule has 7 heteroatoms. The molecule has 0 aliphatic carbocycles. The van der Waals surface area contributed by atoms with E-state index in [1.54, 1.807) is 0 Å². The first-order valence-electron chi connectivity index (χ1n) is 2.80. The summed E-state index contributed by atoms with van der Waals surface area (Å²) in [7, 11) is 0. The van der Waals surface area contributed by atoms with Gasteiger partial charge in [-0.05, 0) is 0 Å². The van der Waals surface area contributed by atoms with Crippen LogP contribution in [0.1, 0.15) is 5.69 Å². The minimum atomic E-state index is -0.384. The summed E-state index contributed by atoms with van der Waals surface area (Å²) in [6, 6.07) is 0. The minimum absolute atomic E-state index is 0.0604. The first-order chi connectivity index (χ1) is 5.27. The number of nitrogens with zero attached hydrogens (tertiary/aromatic N) is 2. The van der Waals surface area contributed by atoms with Crippen molar-refractivity contribution < 1.29 is 0 Å². The minimum Gasteiger partial charge on any atom is -0.325 e. The molecule has 4 N–H and O–H groups in total. The highest BCUT2D eigenvalue weighted by Crippen LogP contribution is 1.91. The molecule has 0 fully saturated rings. The zero-order chi connectivity index (χ0) is 8.27. The van der Waals surface area contributed by atoms with Gasteiger partial charge in [0.15, 0.2) is 0 Å². The lowest BCUT2D eigenvalue weighted by Crippen LogP contribution is -2.20. The standard InChI is InChI=1S/C4H6ClN5O/c5-8-4-7-3(11)2(1-6)9-10-4/h1,6H2,(H2,7,8,10,11). The van der Waals surface area contributed by atoms with E-state index in [4.69, 9.17) is 17.5 Å². The maximum Gasteiger partial charge on any atom is 0.275 e. The van der Waals surface area contributed by atoms with E-state index in [1.807, 2.05) is 0 Å². The van der Waals surface area contributed by atoms with E-state index in [1.165, 1.54) is 0 Å². The Labute approximate surface area is 66.9 Å². The van der Waals surface area contributed by atoms with Crippen molar-refractivity contribution in [2.45, 2.75) is 6.54 Å². The Balaban J connectivity index is 3.10. The van der Waals surface area contributed by atoms with E-state index in [-0.39, 0.29) is 23.7 Å². The summed E-state index contributed by atoms with van der Waals surface area (Å²) in [4.78, 5) is 15.3. The van der Waals surface area contributed by atoms with E-state index in [9.17, 15) is 4.79 Å². The fourth-order valence-electron chi connectivity index (χ4n) is 0.536. The van der Waals surface area contributed by atoms with Gasteiger partial charge < -0.3 is 5.73 Å². The third kappa shape index (κ3) is 1.66. The number of hydrogen-bond donors (Lipinski definition) is 3. The first kappa shape index (κ1) is 7.96. The summed E-state index contributed by atoms with van der Waals surface area (Å²) in [5.74, 6) is 0.105. The van der Waals surface area contributed by atoms with Crippen molar-refractivity contribution in [2.75, 3.05) is 4.84 Å². The molecule has 0 unspecified atom stereocenters. The van der Waals surface area contributed by atoms with Gasteiger partial charge in [0.1, 0.15) is 5.69 Å². The Morgan fingerprint density at radius 2 is 2.36 bits per heavy atom. The number of H-pyrrole nitrogens is 1. The number of aromatic amines is 1. The van der Waals surface area contributed by atoms with E-state index >= 15 is 0 Å². The van der Waals surface area contributed by atoms with Crippen molar-refractivity contribution >= 4 is 17.7 Å². The van der Waals surface area contributed by atoms with Gasteiger partial charge in [0, 0.05) is 18.3 Å². The quantitative estimate of drug-likeness (QED) is 0.511. The average Bonchev–Trinajstić information content (AvgIpc) is 2.04.